The van der Waals surface area contributed by atoms with Gasteiger partial charge in [0.2, 0.25) is 10.0 Å². The predicted molar refractivity (Wildman–Crippen MR) is 65.0 cm³/mol. The Kier molecular flexibility index (Phi) is 4.32. The Morgan fingerprint density at radius 2 is 2.00 bits per heavy atom. The summed E-state index contributed by atoms with van der Waals surface area (Å²) in [5, 5.41) is 8.60. The SMILES string of the molecule is Cc1cccc(NS(=O)(=O)CCCO)c1C. The first-order chi connectivity index (χ1) is 7.46. The number of aliphatic hydroxyl groups is 1. The molecule has 0 saturated carbocycles. The molecule has 0 bridgehead atoms. The van der Waals surface area contributed by atoms with E-state index in [0.29, 0.717) is 5.69 Å². The molecule has 0 spiro atoms. The molecule has 0 aliphatic heterocycles. The largest absolute Gasteiger partial charge is 0.396 e. The first kappa shape index (κ1) is 13.0. The second kappa shape index (κ2) is 5.32. The molecule has 4 nitrogen and oxygen atoms in total. The van der Waals surface area contributed by atoms with Crippen LogP contribution in [0.15, 0.2) is 18.2 Å². The van der Waals surface area contributed by atoms with Crippen LogP contribution in [0.5, 0.6) is 0 Å². The van der Waals surface area contributed by atoms with Crippen molar-refractivity contribution in [1.29, 1.82) is 0 Å². The summed E-state index contributed by atoms with van der Waals surface area (Å²) in [5.41, 5.74) is 2.58. The molecule has 0 unspecified atom stereocenters. The van der Waals surface area contributed by atoms with Gasteiger partial charge in [-0.15, -0.1) is 0 Å². The van der Waals surface area contributed by atoms with E-state index in [1.54, 1.807) is 6.07 Å². The summed E-state index contributed by atoms with van der Waals surface area (Å²) in [6.45, 7) is 3.69. The molecular formula is C11H17NO3S. The van der Waals surface area contributed by atoms with Crippen molar-refractivity contribution in [2.45, 2.75) is 20.3 Å². The minimum Gasteiger partial charge on any atom is -0.396 e. The first-order valence-electron chi connectivity index (χ1n) is 5.14. The van der Waals surface area contributed by atoms with E-state index in [1.165, 1.54) is 0 Å². The third kappa shape index (κ3) is 3.50. The molecule has 90 valence electrons. The molecule has 0 atom stereocenters. The van der Waals surface area contributed by atoms with Crippen LogP contribution in [0, 0.1) is 13.8 Å². The molecule has 0 fully saturated rings. The minimum atomic E-state index is -3.35. The number of hydrogen-bond acceptors (Lipinski definition) is 3. The van der Waals surface area contributed by atoms with Crippen LogP contribution < -0.4 is 4.72 Å². The van der Waals surface area contributed by atoms with Gasteiger partial charge in [-0.1, -0.05) is 12.1 Å². The highest BCUT2D eigenvalue weighted by molar-refractivity contribution is 7.92. The number of rotatable bonds is 5. The Hall–Kier alpha value is -1.07. The number of anilines is 1. The van der Waals surface area contributed by atoms with Crippen LogP contribution in [0.2, 0.25) is 0 Å². The second-order valence-electron chi connectivity index (χ2n) is 3.75. The van der Waals surface area contributed by atoms with Crippen molar-refractivity contribution in [2.24, 2.45) is 0 Å². The highest BCUT2D eigenvalue weighted by Gasteiger charge is 2.11. The summed E-state index contributed by atoms with van der Waals surface area (Å²) in [6.07, 6.45) is 0.250. The van der Waals surface area contributed by atoms with Gasteiger partial charge in [-0.3, -0.25) is 4.72 Å². The topological polar surface area (TPSA) is 66.4 Å². The monoisotopic (exact) mass is 243 g/mol. The van der Waals surface area contributed by atoms with E-state index >= 15 is 0 Å². The highest BCUT2D eigenvalue weighted by atomic mass is 32.2. The van der Waals surface area contributed by atoms with Gasteiger partial charge in [0.25, 0.3) is 0 Å². The van der Waals surface area contributed by atoms with Crippen molar-refractivity contribution >= 4 is 15.7 Å². The van der Waals surface area contributed by atoms with Gasteiger partial charge < -0.3 is 5.11 Å². The summed E-state index contributed by atoms with van der Waals surface area (Å²) < 4.78 is 25.7. The molecule has 0 amide bonds. The van der Waals surface area contributed by atoms with Gasteiger partial charge in [-0.25, -0.2) is 8.42 Å². The molecule has 1 rings (SSSR count). The third-order valence-corrected chi connectivity index (χ3v) is 3.80. The van der Waals surface area contributed by atoms with Crippen LogP contribution in [0.25, 0.3) is 0 Å². The first-order valence-corrected chi connectivity index (χ1v) is 6.79. The van der Waals surface area contributed by atoms with Crippen molar-refractivity contribution in [3.05, 3.63) is 29.3 Å². The van der Waals surface area contributed by atoms with Crippen LogP contribution in [-0.2, 0) is 10.0 Å². The van der Waals surface area contributed by atoms with Gasteiger partial charge in [0.1, 0.15) is 0 Å². The lowest BCUT2D eigenvalue weighted by Gasteiger charge is -2.11. The number of sulfonamides is 1. The predicted octanol–water partition coefficient (Wildman–Crippen LogP) is 1.43. The maximum Gasteiger partial charge on any atom is 0.232 e. The number of hydrogen-bond donors (Lipinski definition) is 2. The molecule has 2 N–H and O–H groups in total. The summed E-state index contributed by atoms with van der Waals surface area (Å²) in [5.74, 6) is -0.0586. The van der Waals surface area contributed by atoms with E-state index < -0.39 is 10.0 Å². The van der Waals surface area contributed by atoms with Crippen molar-refractivity contribution in [2.75, 3.05) is 17.1 Å². The van der Waals surface area contributed by atoms with Gasteiger partial charge in [-0.2, -0.15) is 0 Å². The maximum atomic E-state index is 11.6. The maximum absolute atomic E-state index is 11.6. The zero-order valence-electron chi connectivity index (χ0n) is 9.53. The zero-order valence-corrected chi connectivity index (χ0v) is 10.3. The van der Waals surface area contributed by atoms with Gasteiger partial charge >= 0.3 is 0 Å². The molecule has 0 radical (unpaired) electrons. The molecule has 0 aromatic heterocycles. The van der Waals surface area contributed by atoms with Crippen LogP contribution in [0.1, 0.15) is 17.5 Å². The van der Waals surface area contributed by atoms with E-state index in [2.05, 4.69) is 4.72 Å². The van der Waals surface area contributed by atoms with E-state index in [9.17, 15) is 8.42 Å². The molecular weight excluding hydrogens is 226 g/mol. The van der Waals surface area contributed by atoms with Gasteiger partial charge in [0.15, 0.2) is 0 Å². The Balaban J connectivity index is 2.84. The van der Waals surface area contributed by atoms with Gasteiger partial charge in [0, 0.05) is 6.61 Å². The van der Waals surface area contributed by atoms with Crippen molar-refractivity contribution in [3.8, 4) is 0 Å². The number of benzene rings is 1. The Bertz CT molecular complexity index is 454. The summed E-state index contributed by atoms with van der Waals surface area (Å²) >= 11 is 0. The fourth-order valence-electron chi connectivity index (χ4n) is 1.33. The molecule has 0 heterocycles. The molecule has 0 saturated heterocycles. The Morgan fingerprint density at radius 3 is 2.62 bits per heavy atom. The molecule has 1 aromatic rings. The van der Waals surface area contributed by atoms with Crippen LogP contribution >= 0.6 is 0 Å². The lowest BCUT2D eigenvalue weighted by molar-refractivity contribution is 0.295. The summed E-state index contributed by atoms with van der Waals surface area (Å²) in [6, 6.07) is 5.48. The minimum absolute atomic E-state index is 0.0586. The van der Waals surface area contributed by atoms with E-state index in [0.717, 1.165) is 11.1 Å². The molecule has 0 aliphatic rings. The second-order valence-corrected chi connectivity index (χ2v) is 5.59. The Morgan fingerprint density at radius 1 is 1.31 bits per heavy atom. The molecule has 16 heavy (non-hydrogen) atoms. The van der Waals surface area contributed by atoms with Crippen LogP contribution in [0.3, 0.4) is 0 Å². The molecule has 0 aliphatic carbocycles. The van der Waals surface area contributed by atoms with Gasteiger partial charge in [0.05, 0.1) is 11.4 Å². The van der Waals surface area contributed by atoms with Crippen molar-refractivity contribution in [3.63, 3.8) is 0 Å². The average molecular weight is 243 g/mol. The lowest BCUT2D eigenvalue weighted by Crippen LogP contribution is -2.18. The number of nitrogens with one attached hydrogen (secondary N) is 1. The van der Waals surface area contributed by atoms with Crippen LogP contribution in [-0.4, -0.2) is 25.9 Å². The quantitative estimate of drug-likeness (QED) is 0.822. The van der Waals surface area contributed by atoms with Crippen molar-refractivity contribution in [1.82, 2.24) is 0 Å². The third-order valence-electron chi connectivity index (χ3n) is 2.44. The Labute approximate surface area is 96.4 Å². The zero-order chi connectivity index (χ0) is 12.2. The average Bonchev–Trinajstić information content (AvgIpc) is 2.22. The van der Waals surface area contributed by atoms with Gasteiger partial charge in [-0.05, 0) is 37.5 Å². The lowest BCUT2D eigenvalue weighted by atomic mass is 10.1. The highest BCUT2D eigenvalue weighted by Crippen LogP contribution is 2.19. The summed E-state index contributed by atoms with van der Waals surface area (Å²) in [7, 11) is -3.35. The van der Waals surface area contributed by atoms with E-state index in [1.807, 2.05) is 26.0 Å². The van der Waals surface area contributed by atoms with Crippen molar-refractivity contribution < 1.29 is 13.5 Å². The number of aliphatic hydroxyl groups excluding tert-OH is 1. The van der Waals surface area contributed by atoms with E-state index in [4.69, 9.17) is 5.11 Å². The molecule has 1 aromatic carbocycles. The fourth-order valence-corrected chi connectivity index (χ4v) is 2.50. The van der Waals surface area contributed by atoms with Crippen LogP contribution in [0.4, 0.5) is 5.69 Å². The van der Waals surface area contributed by atoms with E-state index in [-0.39, 0.29) is 18.8 Å². The normalized spacial score (nSPS) is 11.4. The standard InChI is InChI=1S/C11H17NO3S/c1-9-5-3-6-11(10(9)2)12-16(14,15)8-4-7-13/h3,5-6,12-13H,4,7-8H2,1-2H3. The summed E-state index contributed by atoms with van der Waals surface area (Å²) in [4.78, 5) is 0. The molecule has 5 heteroatoms. The number of aryl methyl sites for hydroxylation is 1. The fraction of sp³-hybridized carbons (Fsp3) is 0.455. The smallest absolute Gasteiger partial charge is 0.232 e.